The summed E-state index contributed by atoms with van der Waals surface area (Å²) in [5.74, 6) is 0.881. The molecule has 190 valence electrons. The molecule has 2 atom stereocenters. The topological polar surface area (TPSA) is 86.3 Å². The Morgan fingerprint density at radius 3 is 2.31 bits per heavy atom. The van der Waals surface area contributed by atoms with Crippen LogP contribution in [-0.2, 0) is 9.53 Å². The molecule has 3 rings (SSSR count). The minimum absolute atomic E-state index is 0.0759. The van der Waals surface area contributed by atoms with Gasteiger partial charge in [0.15, 0.2) is 11.5 Å². The number of aliphatic hydroxyl groups excluding tert-OH is 1. The summed E-state index contributed by atoms with van der Waals surface area (Å²) < 4.78 is 34.9. The molecule has 0 aromatic heterocycles. The number of carbonyl (C=O) groups is 1. The molecule has 0 saturated heterocycles. The molecule has 0 bridgehead atoms. The van der Waals surface area contributed by atoms with Crippen LogP contribution < -0.4 is 19.5 Å². The number of hydrogen-bond donors (Lipinski definition) is 2. The summed E-state index contributed by atoms with van der Waals surface area (Å²) in [5.41, 5.74) is 1.58. The van der Waals surface area contributed by atoms with Gasteiger partial charge in [0, 0.05) is 6.54 Å². The van der Waals surface area contributed by atoms with Gasteiger partial charge in [-0.2, -0.15) is 0 Å². The van der Waals surface area contributed by atoms with Crippen molar-refractivity contribution < 1.29 is 33.2 Å². The maximum Gasteiger partial charge on any atom is 0.338 e. The Balaban J connectivity index is 1.52. The Bertz CT molecular complexity index is 1150. The van der Waals surface area contributed by atoms with Crippen LogP contribution in [0.5, 0.6) is 17.2 Å². The molecule has 0 radical (unpaired) electrons. The van der Waals surface area contributed by atoms with Crippen LogP contribution in [0.15, 0.2) is 72.8 Å². The van der Waals surface area contributed by atoms with Gasteiger partial charge in [-0.05, 0) is 60.5 Å². The zero-order chi connectivity index (χ0) is 25.9. The Hall–Kier alpha value is -3.88. The highest BCUT2D eigenvalue weighted by Crippen LogP contribution is 2.26. The van der Waals surface area contributed by atoms with Crippen LogP contribution in [-0.4, -0.2) is 50.8 Å². The van der Waals surface area contributed by atoms with E-state index in [0.29, 0.717) is 28.4 Å². The van der Waals surface area contributed by atoms with Crippen LogP contribution in [0, 0.1) is 5.82 Å². The lowest BCUT2D eigenvalue weighted by molar-refractivity contribution is -0.133. The monoisotopic (exact) mass is 495 g/mol. The third-order valence-electron chi connectivity index (χ3n) is 5.21. The average molecular weight is 496 g/mol. The van der Waals surface area contributed by atoms with Crippen molar-refractivity contribution in [2.24, 2.45) is 0 Å². The van der Waals surface area contributed by atoms with Gasteiger partial charge >= 0.3 is 5.97 Å². The van der Waals surface area contributed by atoms with E-state index in [1.54, 1.807) is 37.5 Å². The number of carbonyl (C=O) groups excluding carboxylic acids is 1. The molecule has 0 aliphatic rings. The standard InChI is InChI=1S/C28H30FNO6/c1-19(36-27-7-5-4-6-26(27)33-2)30-17-23(31)18-35-24-14-8-20(9-15-24)16-25(28(32)34-3)21-10-12-22(29)13-11-21/h4-16,19,23,30-31H,17-18H2,1-3H3. The van der Waals surface area contributed by atoms with Crippen LogP contribution in [0.4, 0.5) is 4.39 Å². The van der Waals surface area contributed by atoms with Gasteiger partial charge in [-0.15, -0.1) is 0 Å². The minimum atomic E-state index is -0.766. The number of esters is 1. The lowest BCUT2D eigenvalue weighted by Crippen LogP contribution is -2.39. The molecule has 0 amide bonds. The van der Waals surface area contributed by atoms with Crippen molar-refractivity contribution in [3.63, 3.8) is 0 Å². The Labute approximate surface area is 210 Å². The highest BCUT2D eigenvalue weighted by atomic mass is 19.1. The third-order valence-corrected chi connectivity index (χ3v) is 5.21. The molecular weight excluding hydrogens is 465 g/mol. The molecule has 2 N–H and O–H groups in total. The summed E-state index contributed by atoms with van der Waals surface area (Å²) in [6.45, 7) is 2.17. The number of halogens is 1. The number of para-hydroxylation sites is 2. The molecule has 0 saturated carbocycles. The highest BCUT2D eigenvalue weighted by molar-refractivity contribution is 6.21. The van der Waals surface area contributed by atoms with Crippen molar-refractivity contribution in [1.82, 2.24) is 5.32 Å². The number of hydrogen-bond acceptors (Lipinski definition) is 7. The van der Waals surface area contributed by atoms with Crippen molar-refractivity contribution in [2.75, 3.05) is 27.4 Å². The van der Waals surface area contributed by atoms with Gasteiger partial charge in [0.05, 0.1) is 19.8 Å². The average Bonchev–Trinajstić information content (AvgIpc) is 2.90. The van der Waals surface area contributed by atoms with Gasteiger partial charge in [-0.1, -0.05) is 36.4 Å². The molecule has 0 spiro atoms. The predicted octanol–water partition coefficient (Wildman–Crippen LogP) is 4.30. The molecule has 36 heavy (non-hydrogen) atoms. The van der Waals surface area contributed by atoms with Crippen LogP contribution in [0.2, 0.25) is 0 Å². The zero-order valence-corrected chi connectivity index (χ0v) is 20.4. The molecule has 0 aliphatic carbocycles. The Kier molecular flexibility index (Phi) is 9.85. The van der Waals surface area contributed by atoms with Crippen LogP contribution >= 0.6 is 0 Å². The van der Waals surface area contributed by atoms with Crippen molar-refractivity contribution in [2.45, 2.75) is 19.3 Å². The summed E-state index contributed by atoms with van der Waals surface area (Å²) in [6.07, 6.45) is 0.537. The Morgan fingerprint density at radius 1 is 1.00 bits per heavy atom. The smallest absolute Gasteiger partial charge is 0.338 e. The van der Waals surface area contributed by atoms with E-state index >= 15 is 0 Å². The summed E-state index contributed by atoms with van der Waals surface area (Å²) in [6, 6.07) is 20.0. The second-order valence-electron chi connectivity index (χ2n) is 7.91. The molecule has 7 nitrogen and oxygen atoms in total. The van der Waals surface area contributed by atoms with E-state index in [1.165, 1.54) is 31.4 Å². The van der Waals surface area contributed by atoms with E-state index in [4.69, 9.17) is 18.9 Å². The number of nitrogens with one attached hydrogen (secondary N) is 1. The van der Waals surface area contributed by atoms with E-state index < -0.39 is 12.1 Å². The van der Waals surface area contributed by atoms with E-state index in [9.17, 15) is 14.3 Å². The Morgan fingerprint density at radius 2 is 1.67 bits per heavy atom. The molecule has 2 unspecified atom stereocenters. The van der Waals surface area contributed by atoms with Crippen LogP contribution in [0.3, 0.4) is 0 Å². The van der Waals surface area contributed by atoms with Crippen LogP contribution in [0.1, 0.15) is 18.1 Å². The number of ether oxygens (including phenoxy) is 4. The summed E-state index contributed by atoms with van der Waals surface area (Å²) in [5, 5.41) is 13.4. The summed E-state index contributed by atoms with van der Waals surface area (Å²) >= 11 is 0. The van der Waals surface area contributed by atoms with Gasteiger partial charge in [-0.25, -0.2) is 9.18 Å². The first kappa shape index (κ1) is 26.7. The van der Waals surface area contributed by atoms with Gasteiger partial charge in [0.1, 0.15) is 30.5 Å². The van der Waals surface area contributed by atoms with Crippen molar-refractivity contribution in [1.29, 1.82) is 0 Å². The SMILES string of the molecule is COC(=O)C(=Cc1ccc(OCC(O)CNC(C)Oc2ccccc2OC)cc1)c1ccc(F)cc1. The molecular formula is C28H30FNO6. The maximum absolute atomic E-state index is 13.3. The number of rotatable bonds is 12. The van der Waals surface area contributed by atoms with E-state index in [1.807, 2.05) is 31.2 Å². The minimum Gasteiger partial charge on any atom is -0.493 e. The molecule has 0 heterocycles. The second kappa shape index (κ2) is 13.3. The first-order chi connectivity index (χ1) is 17.4. The predicted molar refractivity (Wildman–Crippen MR) is 135 cm³/mol. The van der Waals surface area contributed by atoms with E-state index in [-0.39, 0.29) is 25.2 Å². The summed E-state index contributed by atoms with van der Waals surface area (Å²) in [4.78, 5) is 12.2. The molecule has 0 aliphatic heterocycles. The van der Waals surface area contributed by atoms with Crippen molar-refractivity contribution in [3.8, 4) is 17.2 Å². The first-order valence-corrected chi connectivity index (χ1v) is 11.4. The quantitative estimate of drug-likeness (QED) is 0.168. The fourth-order valence-electron chi connectivity index (χ4n) is 3.33. The van der Waals surface area contributed by atoms with Gasteiger partial charge in [0.2, 0.25) is 0 Å². The van der Waals surface area contributed by atoms with Crippen molar-refractivity contribution in [3.05, 3.63) is 89.7 Å². The third kappa shape index (κ3) is 7.83. The highest BCUT2D eigenvalue weighted by Gasteiger charge is 2.14. The van der Waals surface area contributed by atoms with E-state index in [2.05, 4.69) is 5.32 Å². The molecule has 3 aromatic rings. The van der Waals surface area contributed by atoms with Crippen molar-refractivity contribution >= 4 is 17.6 Å². The maximum atomic E-state index is 13.3. The largest absolute Gasteiger partial charge is 0.493 e. The molecule has 0 fully saturated rings. The zero-order valence-electron chi connectivity index (χ0n) is 20.4. The lowest BCUT2D eigenvalue weighted by atomic mass is 10.0. The normalized spacial score (nSPS) is 13.0. The van der Waals surface area contributed by atoms with E-state index in [0.717, 1.165) is 5.56 Å². The van der Waals surface area contributed by atoms with Gasteiger partial charge in [-0.3, -0.25) is 5.32 Å². The number of methoxy groups -OCH3 is 2. The number of aliphatic hydroxyl groups is 1. The van der Waals surface area contributed by atoms with Gasteiger partial charge in [0.25, 0.3) is 0 Å². The fraction of sp³-hybridized carbons (Fsp3) is 0.250. The first-order valence-electron chi connectivity index (χ1n) is 11.4. The lowest BCUT2D eigenvalue weighted by Gasteiger charge is -2.20. The van der Waals surface area contributed by atoms with Crippen LogP contribution in [0.25, 0.3) is 11.6 Å². The molecule has 3 aromatic carbocycles. The second-order valence-corrected chi connectivity index (χ2v) is 7.91. The fourth-order valence-corrected chi connectivity index (χ4v) is 3.33. The summed E-state index contributed by atoms with van der Waals surface area (Å²) in [7, 11) is 2.87. The molecule has 8 heteroatoms. The number of benzene rings is 3. The van der Waals surface area contributed by atoms with Gasteiger partial charge < -0.3 is 24.1 Å².